The first-order valence-corrected chi connectivity index (χ1v) is 9.39. The highest BCUT2D eigenvalue weighted by Crippen LogP contribution is 2.24. The minimum atomic E-state index is -3.02. The molecule has 0 fully saturated rings. The van der Waals surface area contributed by atoms with Crippen molar-refractivity contribution in [2.75, 3.05) is 0 Å². The van der Waals surface area contributed by atoms with Gasteiger partial charge < -0.3 is 14.6 Å². The molecule has 0 atom stereocenters. The van der Waals surface area contributed by atoms with Gasteiger partial charge >= 0.3 is 7.47 Å². The van der Waals surface area contributed by atoms with Crippen LogP contribution in [0.2, 0.25) is 0 Å². The number of hydrogen-bond acceptors (Lipinski definition) is 2. The molecule has 28 heavy (non-hydrogen) atoms. The molecule has 0 radical (unpaired) electrons. The van der Waals surface area contributed by atoms with Crippen molar-refractivity contribution < 1.29 is 18.1 Å². The number of carbonyl (C=O) groups excluding carboxylic acids is 1. The van der Waals surface area contributed by atoms with E-state index in [1.165, 1.54) is 0 Å². The normalized spacial score (nSPS) is 12.9. The molecule has 2 aromatic heterocycles. The standard InChI is InChI=1S/C21H29BF2N2O2/c1-20(2,3)12-14-7-9-16(25-14)18(27)11-19(28-22(23)24)17-10-8-15(26-17)13-21(4,5)6/h7-11,25-26H,12-13H2,1-6H3/b19-11-. The molecule has 2 heterocycles. The first-order valence-electron chi connectivity index (χ1n) is 9.39. The lowest BCUT2D eigenvalue weighted by molar-refractivity contribution is 0.104. The third-order valence-corrected chi connectivity index (χ3v) is 3.94. The number of carbonyl (C=O) groups is 1. The average Bonchev–Trinajstić information content (AvgIpc) is 3.12. The van der Waals surface area contributed by atoms with Gasteiger partial charge in [0.25, 0.3) is 0 Å². The maximum Gasteiger partial charge on any atom is 0.796 e. The van der Waals surface area contributed by atoms with Crippen molar-refractivity contribution >= 4 is 19.0 Å². The van der Waals surface area contributed by atoms with E-state index >= 15 is 0 Å². The largest absolute Gasteiger partial charge is 0.796 e. The molecular formula is C21H29BF2N2O2. The van der Waals surface area contributed by atoms with Gasteiger partial charge in [-0.2, -0.15) is 0 Å². The first kappa shape index (κ1) is 22.0. The molecule has 0 amide bonds. The summed E-state index contributed by atoms with van der Waals surface area (Å²) in [6.45, 7) is 12.6. The van der Waals surface area contributed by atoms with E-state index in [2.05, 4.69) is 56.2 Å². The van der Waals surface area contributed by atoms with Crippen LogP contribution in [-0.4, -0.2) is 23.2 Å². The van der Waals surface area contributed by atoms with Crippen molar-refractivity contribution in [3.63, 3.8) is 0 Å². The SMILES string of the molecule is CC(C)(C)Cc1ccc(C(=O)/C=C(\OB(F)F)c2ccc(CC(C)(C)C)[nH]2)[nH]1. The van der Waals surface area contributed by atoms with E-state index in [9.17, 15) is 13.4 Å². The average molecular weight is 390 g/mol. The van der Waals surface area contributed by atoms with Gasteiger partial charge in [0.2, 0.25) is 5.78 Å². The van der Waals surface area contributed by atoms with Gasteiger partial charge in [0.1, 0.15) is 5.76 Å². The second-order valence-electron chi connectivity index (χ2n) is 9.52. The zero-order chi connectivity index (χ0) is 21.1. The Hall–Kier alpha value is -2.31. The summed E-state index contributed by atoms with van der Waals surface area (Å²) in [4.78, 5) is 18.7. The Balaban J connectivity index is 2.25. The molecule has 7 heteroatoms. The predicted octanol–water partition coefficient (Wildman–Crippen LogP) is 5.68. The lowest BCUT2D eigenvalue weighted by atomic mass is 9.91. The molecule has 0 aromatic carbocycles. The number of allylic oxidation sites excluding steroid dienone is 1. The van der Waals surface area contributed by atoms with Crippen LogP contribution >= 0.6 is 0 Å². The van der Waals surface area contributed by atoms with E-state index in [-0.39, 0.29) is 16.6 Å². The Kier molecular flexibility index (Phi) is 6.57. The van der Waals surface area contributed by atoms with Crippen molar-refractivity contribution in [1.82, 2.24) is 9.97 Å². The number of hydrogen-bond donors (Lipinski definition) is 2. The number of ketones is 1. The van der Waals surface area contributed by atoms with Gasteiger partial charge in [-0.15, -0.1) is 0 Å². The smallest absolute Gasteiger partial charge is 0.503 e. The van der Waals surface area contributed by atoms with Crippen molar-refractivity contribution in [3.05, 3.63) is 53.1 Å². The molecule has 0 aliphatic heterocycles. The van der Waals surface area contributed by atoms with Crippen LogP contribution in [0.5, 0.6) is 0 Å². The molecule has 2 aromatic rings. The number of H-pyrrole nitrogens is 2. The van der Waals surface area contributed by atoms with Crippen LogP contribution in [0.3, 0.4) is 0 Å². The van der Waals surface area contributed by atoms with Crippen LogP contribution in [0, 0.1) is 10.8 Å². The van der Waals surface area contributed by atoms with Crippen molar-refractivity contribution in [2.45, 2.75) is 54.4 Å². The number of rotatable bonds is 7. The van der Waals surface area contributed by atoms with Crippen LogP contribution in [-0.2, 0) is 17.5 Å². The maximum absolute atomic E-state index is 12.9. The third kappa shape index (κ3) is 7.02. The minimum absolute atomic E-state index is 0.0408. The number of aromatic nitrogens is 2. The fraction of sp³-hybridized carbons (Fsp3) is 0.476. The highest BCUT2D eigenvalue weighted by atomic mass is 19.2. The molecular weight excluding hydrogens is 361 g/mol. The molecule has 2 N–H and O–H groups in total. The summed E-state index contributed by atoms with van der Waals surface area (Å²) >= 11 is 0. The summed E-state index contributed by atoms with van der Waals surface area (Å²) in [6, 6.07) is 6.99. The Bertz CT molecular complexity index is 839. The summed E-state index contributed by atoms with van der Waals surface area (Å²) < 4.78 is 30.4. The first-order chi connectivity index (χ1) is 12.8. The minimum Gasteiger partial charge on any atom is -0.503 e. The van der Waals surface area contributed by atoms with Gasteiger partial charge in [-0.1, -0.05) is 41.5 Å². The second-order valence-corrected chi connectivity index (χ2v) is 9.52. The quantitative estimate of drug-likeness (QED) is 0.276. The van der Waals surface area contributed by atoms with E-state index in [0.717, 1.165) is 30.3 Å². The van der Waals surface area contributed by atoms with Crippen molar-refractivity contribution in [1.29, 1.82) is 0 Å². The van der Waals surface area contributed by atoms with Crippen LogP contribution in [0.25, 0.3) is 5.76 Å². The Morgan fingerprint density at radius 2 is 1.39 bits per heavy atom. The van der Waals surface area contributed by atoms with Gasteiger partial charge in [-0.3, -0.25) is 4.79 Å². The van der Waals surface area contributed by atoms with Crippen LogP contribution in [0.4, 0.5) is 8.63 Å². The van der Waals surface area contributed by atoms with E-state index in [4.69, 9.17) is 0 Å². The molecule has 0 saturated heterocycles. The van der Waals surface area contributed by atoms with Gasteiger partial charge in [-0.25, -0.2) is 8.63 Å². The van der Waals surface area contributed by atoms with Crippen molar-refractivity contribution in [2.24, 2.45) is 10.8 Å². The lowest BCUT2D eigenvalue weighted by Crippen LogP contribution is -2.10. The highest BCUT2D eigenvalue weighted by Gasteiger charge is 2.23. The number of nitrogens with one attached hydrogen (secondary N) is 2. The highest BCUT2D eigenvalue weighted by molar-refractivity contribution is 6.36. The molecule has 0 aliphatic rings. The molecule has 152 valence electrons. The Morgan fingerprint density at radius 1 is 0.929 bits per heavy atom. The molecule has 0 spiro atoms. The molecule has 4 nitrogen and oxygen atoms in total. The van der Waals surface area contributed by atoms with Crippen molar-refractivity contribution in [3.8, 4) is 0 Å². The summed E-state index contributed by atoms with van der Waals surface area (Å²) in [5, 5.41) is 0. The Morgan fingerprint density at radius 3 is 1.86 bits per heavy atom. The maximum atomic E-state index is 12.9. The van der Waals surface area contributed by atoms with E-state index in [0.29, 0.717) is 11.4 Å². The van der Waals surface area contributed by atoms with E-state index in [1.807, 2.05) is 12.1 Å². The summed E-state index contributed by atoms with van der Waals surface area (Å²) in [6.07, 6.45) is 2.62. The molecule has 2 rings (SSSR count). The molecule has 0 unspecified atom stereocenters. The molecule has 0 saturated carbocycles. The topological polar surface area (TPSA) is 57.9 Å². The number of halogens is 2. The summed E-state index contributed by atoms with van der Waals surface area (Å²) in [5.74, 6) is -0.588. The predicted molar refractivity (Wildman–Crippen MR) is 109 cm³/mol. The van der Waals surface area contributed by atoms with Crippen LogP contribution in [0.1, 0.15) is 69.1 Å². The van der Waals surface area contributed by atoms with Crippen LogP contribution in [0.15, 0.2) is 30.3 Å². The van der Waals surface area contributed by atoms with Gasteiger partial charge in [-0.05, 0) is 47.9 Å². The van der Waals surface area contributed by atoms with Gasteiger partial charge in [0, 0.05) is 17.5 Å². The zero-order valence-electron chi connectivity index (χ0n) is 17.5. The second kappa shape index (κ2) is 8.37. The summed E-state index contributed by atoms with van der Waals surface area (Å²) in [5.41, 5.74) is 2.63. The van der Waals surface area contributed by atoms with Crippen LogP contribution < -0.4 is 0 Å². The number of aromatic amines is 2. The molecule has 0 aliphatic carbocycles. The lowest BCUT2D eigenvalue weighted by Gasteiger charge is -2.16. The summed E-state index contributed by atoms with van der Waals surface area (Å²) in [7, 11) is -3.02. The van der Waals surface area contributed by atoms with E-state index in [1.54, 1.807) is 12.1 Å². The fourth-order valence-electron chi connectivity index (χ4n) is 2.98. The Labute approximate surface area is 166 Å². The van der Waals surface area contributed by atoms with Gasteiger partial charge in [0.05, 0.1) is 11.4 Å². The molecule has 0 bridgehead atoms. The monoisotopic (exact) mass is 390 g/mol. The van der Waals surface area contributed by atoms with Gasteiger partial charge in [0.15, 0.2) is 0 Å². The zero-order valence-corrected chi connectivity index (χ0v) is 17.5. The fourth-order valence-corrected chi connectivity index (χ4v) is 2.98. The van der Waals surface area contributed by atoms with E-state index < -0.39 is 13.3 Å². The third-order valence-electron chi connectivity index (χ3n) is 3.94.